The fourth-order valence-corrected chi connectivity index (χ4v) is 5.62. The highest BCUT2D eigenvalue weighted by Gasteiger charge is 2.41. The van der Waals surface area contributed by atoms with E-state index in [2.05, 4.69) is 41.3 Å². The summed E-state index contributed by atoms with van der Waals surface area (Å²) in [5.41, 5.74) is 2.62. The van der Waals surface area contributed by atoms with Crippen LogP contribution in [0, 0.1) is 5.92 Å². The lowest BCUT2D eigenvalue weighted by atomic mass is 9.90. The summed E-state index contributed by atoms with van der Waals surface area (Å²) in [6.45, 7) is 0.900. The Labute approximate surface area is 147 Å². The van der Waals surface area contributed by atoms with Gasteiger partial charge in [0.2, 0.25) is 0 Å². The topological polar surface area (TPSA) is 12.5 Å². The van der Waals surface area contributed by atoms with Gasteiger partial charge in [0.25, 0.3) is 0 Å². The summed E-state index contributed by atoms with van der Waals surface area (Å²) in [6, 6.07) is 14.1. The normalized spacial score (nSPS) is 26.7. The molecule has 2 bridgehead atoms. The monoisotopic (exact) mass is 347 g/mol. The van der Waals surface area contributed by atoms with Crippen molar-refractivity contribution >= 4 is 28.6 Å². The molecule has 1 aromatic carbocycles. The minimum atomic E-state index is 0.641. The maximum atomic E-state index is 6.40. The number of fused-ring (bicyclic) bond motifs is 2. The van der Waals surface area contributed by atoms with Crippen molar-refractivity contribution in [3.63, 3.8) is 0 Å². The highest BCUT2D eigenvalue weighted by atomic mass is 35.5. The van der Waals surface area contributed by atoms with Crippen molar-refractivity contribution in [3.05, 3.63) is 40.7 Å². The van der Waals surface area contributed by atoms with Gasteiger partial charge in [-0.25, -0.2) is 0 Å². The number of hydrogen-bond acceptors (Lipinski definition) is 3. The van der Waals surface area contributed by atoms with Gasteiger partial charge in [0.15, 0.2) is 0 Å². The Bertz CT molecular complexity index is 657. The van der Waals surface area contributed by atoms with Crippen LogP contribution in [0.4, 0.5) is 5.69 Å². The van der Waals surface area contributed by atoms with E-state index in [0.29, 0.717) is 18.0 Å². The lowest BCUT2D eigenvalue weighted by molar-refractivity contribution is 0.129. The minimum absolute atomic E-state index is 0.641. The number of rotatable bonds is 4. The molecular formula is C19H22ClNOS. The second kappa shape index (κ2) is 6.46. The van der Waals surface area contributed by atoms with Crippen LogP contribution < -0.4 is 4.90 Å². The number of halogens is 1. The van der Waals surface area contributed by atoms with E-state index in [4.69, 9.17) is 16.3 Å². The molecule has 2 aromatic rings. The van der Waals surface area contributed by atoms with Crippen molar-refractivity contribution in [1.82, 2.24) is 0 Å². The average molecular weight is 348 g/mol. The molecule has 3 heterocycles. The zero-order valence-corrected chi connectivity index (χ0v) is 14.9. The summed E-state index contributed by atoms with van der Waals surface area (Å²) in [4.78, 5) is 3.98. The molecule has 0 N–H and O–H groups in total. The summed E-state index contributed by atoms with van der Waals surface area (Å²) in [6.07, 6.45) is 5.08. The average Bonchev–Trinajstić information content (AvgIpc) is 3.06. The molecule has 0 spiro atoms. The van der Waals surface area contributed by atoms with Crippen LogP contribution in [-0.4, -0.2) is 25.8 Å². The van der Waals surface area contributed by atoms with E-state index in [0.717, 1.165) is 10.9 Å². The van der Waals surface area contributed by atoms with Crippen LogP contribution in [0.15, 0.2) is 36.4 Å². The third-order valence-corrected chi connectivity index (χ3v) is 6.53. The number of anilines is 1. The van der Waals surface area contributed by atoms with Gasteiger partial charge in [-0.1, -0.05) is 41.9 Å². The Kier molecular flexibility index (Phi) is 4.35. The van der Waals surface area contributed by atoms with Crippen molar-refractivity contribution in [3.8, 4) is 10.4 Å². The van der Waals surface area contributed by atoms with Crippen molar-refractivity contribution < 1.29 is 4.74 Å². The number of hydrogen-bond donors (Lipinski definition) is 0. The zero-order valence-electron chi connectivity index (χ0n) is 13.4. The Hall–Kier alpha value is -1.03. The van der Waals surface area contributed by atoms with Crippen molar-refractivity contribution in [2.75, 3.05) is 18.6 Å². The summed E-state index contributed by atoms with van der Waals surface area (Å²) in [5, 5.41) is 0. The number of nitrogens with zero attached hydrogens (tertiary/aromatic N) is 1. The summed E-state index contributed by atoms with van der Waals surface area (Å²) in [5.74, 6) is 0.711. The number of thiophene rings is 1. The molecule has 2 saturated heterocycles. The first-order chi connectivity index (χ1) is 11.3. The van der Waals surface area contributed by atoms with Gasteiger partial charge in [0, 0.05) is 25.8 Å². The smallest absolute Gasteiger partial charge is 0.0956 e. The second-order valence-electron chi connectivity index (χ2n) is 6.72. The molecule has 2 aliphatic heterocycles. The SMILES string of the molecule is COCC1CC2CCC(C1)N2c1cc(Cl)sc1-c1ccccc1. The van der Waals surface area contributed by atoms with Gasteiger partial charge in [-0.05, 0) is 43.2 Å². The maximum absolute atomic E-state index is 6.40. The quantitative estimate of drug-likeness (QED) is 0.727. The van der Waals surface area contributed by atoms with E-state index in [1.54, 1.807) is 11.3 Å². The molecule has 0 aliphatic carbocycles. The predicted molar refractivity (Wildman–Crippen MR) is 98.7 cm³/mol. The van der Waals surface area contributed by atoms with E-state index >= 15 is 0 Å². The molecule has 2 nitrogen and oxygen atoms in total. The third kappa shape index (κ3) is 2.90. The van der Waals surface area contributed by atoms with Gasteiger partial charge >= 0.3 is 0 Å². The standard InChI is InChI=1S/C19H22ClNOS/c1-22-12-13-9-15-7-8-16(10-13)21(15)17-11-18(20)23-19(17)14-5-3-2-4-6-14/h2-6,11,13,15-16H,7-10,12H2,1H3. The molecule has 2 atom stereocenters. The lowest BCUT2D eigenvalue weighted by Crippen LogP contribution is -2.44. The molecule has 0 amide bonds. The van der Waals surface area contributed by atoms with E-state index in [9.17, 15) is 0 Å². The first-order valence-electron chi connectivity index (χ1n) is 8.38. The van der Waals surface area contributed by atoms with Crippen LogP contribution in [-0.2, 0) is 4.74 Å². The van der Waals surface area contributed by atoms with Gasteiger partial charge < -0.3 is 9.64 Å². The lowest BCUT2D eigenvalue weighted by Gasteiger charge is -2.40. The molecule has 2 unspecified atom stereocenters. The zero-order chi connectivity index (χ0) is 15.8. The minimum Gasteiger partial charge on any atom is -0.384 e. The molecule has 1 aromatic heterocycles. The van der Waals surface area contributed by atoms with Crippen LogP contribution in [0.25, 0.3) is 10.4 Å². The molecule has 4 rings (SSSR count). The Morgan fingerprint density at radius 2 is 1.87 bits per heavy atom. The summed E-state index contributed by atoms with van der Waals surface area (Å²) in [7, 11) is 1.82. The molecule has 0 saturated carbocycles. The second-order valence-corrected chi connectivity index (χ2v) is 8.40. The molecule has 0 radical (unpaired) electrons. The maximum Gasteiger partial charge on any atom is 0.0956 e. The van der Waals surface area contributed by atoms with Crippen LogP contribution in [0.5, 0.6) is 0 Å². The highest BCUT2D eigenvalue weighted by molar-refractivity contribution is 7.20. The van der Waals surface area contributed by atoms with Gasteiger partial charge in [-0.3, -0.25) is 0 Å². The van der Waals surface area contributed by atoms with Crippen LogP contribution in [0.3, 0.4) is 0 Å². The molecular weight excluding hydrogens is 326 g/mol. The number of benzene rings is 1. The third-order valence-electron chi connectivity index (χ3n) is 5.23. The largest absolute Gasteiger partial charge is 0.384 e. The van der Waals surface area contributed by atoms with Gasteiger partial charge in [-0.15, -0.1) is 11.3 Å². The van der Waals surface area contributed by atoms with Crippen molar-refractivity contribution in [2.24, 2.45) is 5.92 Å². The fraction of sp³-hybridized carbons (Fsp3) is 0.474. The number of ether oxygens (including phenoxy) is 1. The number of methoxy groups -OCH3 is 1. The van der Waals surface area contributed by atoms with E-state index in [-0.39, 0.29) is 0 Å². The predicted octanol–water partition coefficient (Wildman–Crippen LogP) is 5.46. The molecule has 2 fully saturated rings. The van der Waals surface area contributed by atoms with Gasteiger partial charge in [-0.2, -0.15) is 0 Å². The van der Waals surface area contributed by atoms with E-state index < -0.39 is 0 Å². The summed E-state index contributed by atoms with van der Waals surface area (Å²) < 4.78 is 6.29. The molecule has 23 heavy (non-hydrogen) atoms. The summed E-state index contributed by atoms with van der Waals surface area (Å²) >= 11 is 8.10. The number of piperidine rings is 1. The van der Waals surface area contributed by atoms with Crippen LogP contribution in [0.2, 0.25) is 4.34 Å². The Morgan fingerprint density at radius 3 is 2.52 bits per heavy atom. The highest BCUT2D eigenvalue weighted by Crippen LogP contribution is 2.48. The first-order valence-corrected chi connectivity index (χ1v) is 9.57. The fourth-order valence-electron chi connectivity index (χ4n) is 4.40. The van der Waals surface area contributed by atoms with Gasteiger partial charge in [0.05, 0.1) is 14.9 Å². The van der Waals surface area contributed by atoms with Gasteiger partial charge in [0.1, 0.15) is 0 Å². The molecule has 122 valence electrons. The molecule has 2 aliphatic rings. The van der Waals surface area contributed by atoms with E-state index in [1.165, 1.54) is 41.8 Å². The van der Waals surface area contributed by atoms with E-state index in [1.807, 2.05) is 7.11 Å². The molecule has 4 heteroatoms. The van der Waals surface area contributed by atoms with Crippen molar-refractivity contribution in [2.45, 2.75) is 37.8 Å². The van der Waals surface area contributed by atoms with Crippen LogP contribution >= 0.6 is 22.9 Å². The van der Waals surface area contributed by atoms with Crippen molar-refractivity contribution in [1.29, 1.82) is 0 Å². The Balaban J connectivity index is 1.67. The first kappa shape index (κ1) is 15.5. The Morgan fingerprint density at radius 1 is 1.17 bits per heavy atom. The van der Waals surface area contributed by atoms with Crippen LogP contribution in [0.1, 0.15) is 25.7 Å².